The molecule has 0 aromatic carbocycles. The Morgan fingerprint density at radius 2 is 1.96 bits per heavy atom. The molecule has 2 fully saturated rings. The number of allylic oxidation sites excluding steroid dienone is 2. The number of carbonyl (C=O) groups is 2. The number of fused-ring (bicyclic) bond motifs is 2. The summed E-state index contributed by atoms with van der Waals surface area (Å²) in [5.74, 6) is 0.604. The molecule has 0 unspecified atom stereocenters. The molecule has 0 bridgehead atoms. The van der Waals surface area contributed by atoms with Gasteiger partial charge in [-0.2, -0.15) is 0 Å². The van der Waals surface area contributed by atoms with Gasteiger partial charge in [0.2, 0.25) is 0 Å². The highest BCUT2D eigenvalue weighted by Crippen LogP contribution is 2.52. The van der Waals surface area contributed by atoms with Crippen LogP contribution in [0.3, 0.4) is 0 Å². The molecule has 1 saturated carbocycles. The topological polar surface area (TPSA) is 46.7 Å². The van der Waals surface area contributed by atoms with Crippen LogP contribution in [0.5, 0.6) is 0 Å². The molecule has 0 aromatic rings. The summed E-state index contributed by atoms with van der Waals surface area (Å²) in [6, 6.07) is 0. The quantitative estimate of drug-likeness (QED) is 0.417. The lowest BCUT2D eigenvalue weighted by Crippen LogP contribution is -2.23. The van der Waals surface area contributed by atoms with Gasteiger partial charge in [0.25, 0.3) is 0 Å². The monoisotopic (exact) mass is 316 g/mol. The SMILES string of the molecule is C=C1CC[C@@H]2O[C@@]2(C)C/C=C2/[C@H](C(C)C)C(=O)C[C@@]2(C)CC1=O. The van der Waals surface area contributed by atoms with Gasteiger partial charge in [-0.15, -0.1) is 0 Å². The molecule has 1 heterocycles. The Morgan fingerprint density at radius 3 is 2.61 bits per heavy atom. The first kappa shape index (κ1) is 16.6. The normalized spacial score (nSPS) is 43.5. The van der Waals surface area contributed by atoms with E-state index in [4.69, 9.17) is 4.74 Å². The van der Waals surface area contributed by atoms with E-state index < -0.39 is 0 Å². The van der Waals surface area contributed by atoms with Gasteiger partial charge in [0, 0.05) is 24.2 Å². The standard InChI is InChI=1S/C20H28O3/c1-12(2)18-14-8-9-20(5)17(23-20)7-6-13(3)15(21)10-19(14,4)11-16(18)22/h8,12,17-18H,3,6-7,9-11H2,1-2,4-5H3/b14-8-/t17-,18-,19+,20-/m0/s1. The lowest BCUT2D eigenvalue weighted by atomic mass is 9.75. The third-order valence-electron chi connectivity index (χ3n) is 6.03. The maximum absolute atomic E-state index is 12.6. The third-order valence-corrected chi connectivity index (χ3v) is 6.03. The summed E-state index contributed by atoms with van der Waals surface area (Å²) in [6.07, 6.45) is 5.72. The van der Waals surface area contributed by atoms with Crippen molar-refractivity contribution in [2.45, 2.75) is 71.5 Å². The molecule has 23 heavy (non-hydrogen) atoms. The van der Waals surface area contributed by atoms with Crippen LogP contribution in [0.15, 0.2) is 23.8 Å². The molecule has 126 valence electrons. The van der Waals surface area contributed by atoms with Gasteiger partial charge in [-0.25, -0.2) is 0 Å². The minimum absolute atomic E-state index is 0.0531. The highest BCUT2D eigenvalue weighted by atomic mass is 16.6. The zero-order chi connectivity index (χ0) is 17.0. The van der Waals surface area contributed by atoms with Crippen molar-refractivity contribution in [1.29, 1.82) is 0 Å². The summed E-state index contributed by atoms with van der Waals surface area (Å²) in [7, 11) is 0. The van der Waals surface area contributed by atoms with Gasteiger partial charge in [0.05, 0.1) is 11.7 Å². The first-order valence-corrected chi connectivity index (χ1v) is 8.78. The van der Waals surface area contributed by atoms with Crippen LogP contribution in [-0.2, 0) is 14.3 Å². The molecule has 3 heteroatoms. The van der Waals surface area contributed by atoms with Crippen molar-refractivity contribution >= 4 is 11.6 Å². The van der Waals surface area contributed by atoms with Crippen molar-refractivity contribution in [2.75, 3.05) is 0 Å². The Bertz CT molecular complexity index is 600. The van der Waals surface area contributed by atoms with Gasteiger partial charge in [0.1, 0.15) is 5.78 Å². The highest BCUT2D eigenvalue weighted by molar-refractivity contribution is 5.97. The van der Waals surface area contributed by atoms with Gasteiger partial charge in [-0.1, -0.05) is 39.0 Å². The maximum atomic E-state index is 12.6. The smallest absolute Gasteiger partial charge is 0.159 e. The molecular weight excluding hydrogens is 288 g/mol. The minimum Gasteiger partial charge on any atom is -0.366 e. The van der Waals surface area contributed by atoms with E-state index in [1.54, 1.807) is 0 Å². The van der Waals surface area contributed by atoms with E-state index in [2.05, 4.69) is 40.3 Å². The van der Waals surface area contributed by atoms with Crippen molar-refractivity contribution in [2.24, 2.45) is 17.3 Å². The van der Waals surface area contributed by atoms with Gasteiger partial charge >= 0.3 is 0 Å². The summed E-state index contributed by atoms with van der Waals surface area (Å²) in [5.41, 5.74) is 1.37. The molecule has 2 aliphatic carbocycles. The number of ether oxygens (including phenoxy) is 1. The molecule has 3 rings (SSSR count). The van der Waals surface area contributed by atoms with Crippen LogP contribution in [0.1, 0.15) is 59.8 Å². The lowest BCUT2D eigenvalue weighted by Gasteiger charge is -2.28. The van der Waals surface area contributed by atoms with Crippen LogP contribution in [0.4, 0.5) is 0 Å². The molecule has 0 spiro atoms. The number of rotatable bonds is 1. The van der Waals surface area contributed by atoms with Crippen molar-refractivity contribution in [3.05, 3.63) is 23.8 Å². The molecule has 0 amide bonds. The third kappa shape index (κ3) is 2.84. The summed E-state index contributed by atoms with van der Waals surface area (Å²) in [6.45, 7) is 12.4. The second-order valence-electron chi connectivity index (χ2n) is 8.45. The Kier molecular flexibility index (Phi) is 3.91. The maximum Gasteiger partial charge on any atom is 0.159 e. The van der Waals surface area contributed by atoms with Crippen molar-refractivity contribution in [3.8, 4) is 0 Å². The second-order valence-corrected chi connectivity index (χ2v) is 8.45. The van der Waals surface area contributed by atoms with Gasteiger partial charge in [-0.05, 0) is 37.7 Å². The van der Waals surface area contributed by atoms with E-state index in [9.17, 15) is 9.59 Å². The largest absolute Gasteiger partial charge is 0.366 e. The van der Waals surface area contributed by atoms with E-state index in [0.717, 1.165) is 18.4 Å². The van der Waals surface area contributed by atoms with E-state index in [-0.39, 0.29) is 40.5 Å². The molecule has 3 aliphatic rings. The molecular formula is C20H28O3. The molecule has 0 aromatic heterocycles. The van der Waals surface area contributed by atoms with Crippen LogP contribution in [-0.4, -0.2) is 23.3 Å². The first-order valence-electron chi connectivity index (χ1n) is 8.78. The summed E-state index contributed by atoms with van der Waals surface area (Å²) >= 11 is 0. The number of epoxide rings is 1. The predicted octanol–water partition coefficient (Wildman–Crippen LogP) is 4.02. The number of ketones is 2. The van der Waals surface area contributed by atoms with Crippen molar-refractivity contribution in [3.63, 3.8) is 0 Å². The van der Waals surface area contributed by atoms with Crippen molar-refractivity contribution in [1.82, 2.24) is 0 Å². The molecule has 1 aliphatic heterocycles. The predicted molar refractivity (Wildman–Crippen MR) is 90.0 cm³/mol. The lowest BCUT2D eigenvalue weighted by molar-refractivity contribution is -0.121. The molecule has 0 N–H and O–H groups in total. The summed E-state index contributed by atoms with van der Waals surface area (Å²) in [5, 5.41) is 0. The summed E-state index contributed by atoms with van der Waals surface area (Å²) in [4.78, 5) is 25.2. The van der Waals surface area contributed by atoms with E-state index >= 15 is 0 Å². The highest BCUT2D eigenvalue weighted by Gasteiger charge is 2.53. The summed E-state index contributed by atoms with van der Waals surface area (Å²) < 4.78 is 5.88. The Morgan fingerprint density at radius 1 is 1.26 bits per heavy atom. The van der Waals surface area contributed by atoms with Gasteiger partial charge in [0.15, 0.2) is 5.78 Å². The number of carbonyl (C=O) groups excluding carboxylic acids is 2. The van der Waals surface area contributed by atoms with Gasteiger partial charge < -0.3 is 4.74 Å². The fourth-order valence-electron chi connectivity index (χ4n) is 4.49. The van der Waals surface area contributed by atoms with Crippen LogP contribution in [0.25, 0.3) is 0 Å². The molecule has 1 saturated heterocycles. The average Bonchev–Trinajstić information content (AvgIpc) is 3.01. The molecule has 3 nitrogen and oxygen atoms in total. The Hall–Kier alpha value is -1.22. The van der Waals surface area contributed by atoms with Crippen LogP contribution >= 0.6 is 0 Å². The zero-order valence-corrected chi connectivity index (χ0v) is 14.8. The van der Waals surface area contributed by atoms with Gasteiger partial charge in [-0.3, -0.25) is 9.59 Å². The Balaban J connectivity index is 2.00. The molecule has 4 atom stereocenters. The van der Waals surface area contributed by atoms with E-state index in [1.165, 1.54) is 0 Å². The van der Waals surface area contributed by atoms with E-state index in [1.807, 2.05) is 0 Å². The van der Waals surface area contributed by atoms with Crippen LogP contribution in [0.2, 0.25) is 0 Å². The van der Waals surface area contributed by atoms with Crippen LogP contribution < -0.4 is 0 Å². The first-order chi connectivity index (χ1) is 10.7. The zero-order valence-electron chi connectivity index (χ0n) is 14.8. The minimum atomic E-state index is -0.350. The van der Waals surface area contributed by atoms with Crippen LogP contribution in [0, 0.1) is 17.3 Å². The number of hydrogen-bond acceptors (Lipinski definition) is 3. The van der Waals surface area contributed by atoms with Crippen molar-refractivity contribution < 1.29 is 14.3 Å². The fourth-order valence-corrected chi connectivity index (χ4v) is 4.49. The number of Topliss-reactive ketones (excluding diaryl/α,β-unsaturated/α-hetero) is 2. The van der Waals surface area contributed by atoms with E-state index in [0.29, 0.717) is 24.8 Å². The Labute approximate surface area is 139 Å². The fraction of sp³-hybridized carbons (Fsp3) is 0.700. The average molecular weight is 316 g/mol. The number of hydrogen-bond donors (Lipinski definition) is 0. The molecule has 0 radical (unpaired) electrons. The second kappa shape index (κ2) is 5.41.